The van der Waals surface area contributed by atoms with E-state index in [0.717, 1.165) is 12.2 Å². The number of ether oxygens (including phenoxy) is 4. The molecule has 24 heavy (non-hydrogen) atoms. The number of allylic oxidation sites excluding steroid dienone is 1. The van der Waals surface area contributed by atoms with Crippen molar-refractivity contribution in [2.75, 3.05) is 13.7 Å². The number of hydrogen-bond acceptors (Lipinski definition) is 6. The lowest BCUT2D eigenvalue weighted by atomic mass is 9.80. The first-order valence-corrected chi connectivity index (χ1v) is 7.91. The molecule has 1 heterocycles. The Kier molecular flexibility index (Phi) is 5.02. The summed E-state index contributed by atoms with van der Waals surface area (Å²) >= 11 is 0. The largest absolute Gasteiger partial charge is 0.497 e. The van der Waals surface area contributed by atoms with Crippen molar-refractivity contribution in [2.24, 2.45) is 5.92 Å². The molecule has 0 saturated heterocycles. The van der Waals surface area contributed by atoms with Gasteiger partial charge in [-0.2, -0.15) is 5.26 Å². The number of rotatable bonds is 5. The lowest BCUT2D eigenvalue weighted by Crippen LogP contribution is -2.42. The molecule has 0 N–H and O–H groups in total. The molecule has 1 aliphatic heterocycles. The van der Waals surface area contributed by atoms with E-state index in [2.05, 4.69) is 0 Å². The summed E-state index contributed by atoms with van der Waals surface area (Å²) in [6.07, 6.45) is 3.18. The normalized spacial score (nSPS) is 25.8. The third kappa shape index (κ3) is 3.52. The van der Waals surface area contributed by atoms with E-state index < -0.39 is 0 Å². The average Bonchev–Trinajstić information content (AvgIpc) is 2.63. The molecule has 1 aliphatic carbocycles. The molecule has 1 saturated carbocycles. The van der Waals surface area contributed by atoms with E-state index in [1.807, 2.05) is 6.07 Å². The molecule has 1 fully saturated rings. The molecule has 3 rings (SSSR count). The molecule has 1 aromatic carbocycles. The Morgan fingerprint density at radius 3 is 2.71 bits per heavy atom. The fourth-order valence-corrected chi connectivity index (χ4v) is 3.08. The van der Waals surface area contributed by atoms with Crippen LogP contribution in [0.1, 0.15) is 19.3 Å². The summed E-state index contributed by atoms with van der Waals surface area (Å²) in [7, 11) is 1.59. The van der Waals surface area contributed by atoms with Crippen molar-refractivity contribution in [1.29, 1.82) is 5.26 Å². The maximum absolute atomic E-state index is 12.6. The number of carbonyl (C=O) groups excluding carboxylic acids is 1. The summed E-state index contributed by atoms with van der Waals surface area (Å²) in [4.78, 5) is 12.6. The predicted molar refractivity (Wildman–Crippen MR) is 84.3 cm³/mol. The van der Waals surface area contributed by atoms with Crippen molar-refractivity contribution in [3.8, 4) is 17.6 Å². The Balaban J connectivity index is 1.64. The minimum atomic E-state index is -0.217. The van der Waals surface area contributed by atoms with Crippen LogP contribution in [0.5, 0.6) is 11.5 Å². The fraction of sp³-hybridized carbons (Fsp3) is 0.444. The number of nitrogens with zero attached hydrogens (tertiary/aromatic N) is 1. The minimum absolute atomic E-state index is 0.0313. The molecule has 3 unspecified atom stereocenters. The average molecular weight is 329 g/mol. The quantitative estimate of drug-likeness (QED) is 0.826. The Hall–Kier alpha value is -2.52. The molecule has 0 radical (unpaired) electrons. The van der Waals surface area contributed by atoms with Crippen molar-refractivity contribution in [2.45, 2.75) is 31.5 Å². The number of Topliss-reactive ketones (excluding diaryl/α,β-unsaturated/α-hetero) is 1. The highest BCUT2D eigenvalue weighted by Gasteiger charge is 2.41. The summed E-state index contributed by atoms with van der Waals surface area (Å²) in [6.45, 7) is 0.0671. The van der Waals surface area contributed by atoms with Crippen molar-refractivity contribution in [3.63, 3.8) is 0 Å². The molecular formula is C18H19NO5. The van der Waals surface area contributed by atoms with E-state index in [-0.39, 0.29) is 36.3 Å². The van der Waals surface area contributed by atoms with Crippen molar-refractivity contribution < 1.29 is 23.7 Å². The zero-order valence-electron chi connectivity index (χ0n) is 13.4. The van der Waals surface area contributed by atoms with Crippen LogP contribution in [0.15, 0.2) is 36.3 Å². The number of hydrogen-bond donors (Lipinski definition) is 0. The summed E-state index contributed by atoms with van der Waals surface area (Å²) < 4.78 is 21.9. The molecule has 6 nitrogen and oxygen atoms in total. The molecule has 126 valence electrons. The lowest BCUT2D eigenvalue weighted by Gasteiger charge is -2.36. The second kappa shape index (κ2) is 7.37. The fourth-order valence-electron chi connectivity index (χ4n) is 3.08. The first-order valence-electron chi connectivity index (χ1n) is 7.91. The van der Waals surface area contributed by atoms with Gasteiger partial charge in [0.25, 0.3) is 0 Å². The molecule has 6 heteroatoms. The smallest absolute Gasteiger partial charge is 0.207 e. The van der Waals surface area contributed by atoms with Crippen LogP contribution in [0.2, 0.25) is 0 Å². The van der Waals surface area contributed by atoms with E-state index in [1.54, 1.807) is 31.4 Å². The van der Waals surface area contributed by atoms with E-state index in [4.69, 9.17) is 24.2 Å². The van der Waals surface area contributed by atoms with Crippen LogP contribution in [0.25, 0.3) is 0 Å². The number of nitriles is 1. The van der Waals surface area contributed by atoms with E-state index in [0.29, 0.717) is 18.6 Å². The standard InChI is InChI=1S/C18H19NO5/c1-21-12-2-4-13(5-3-12)24-17-11-23-16-10-14(22-9-8-19)6-7-15(16)18(17)20/h2-5,11,14-16H,6-7,9-10H2,1H3. The molecular weight excluding hydrogens is 310 g/mol. The summed E-state index contributed by atoms with van der Waals surface area (Å²) in [5.41, 5.74) is 0. The highest BCUT2D eigenvalue weighted by atomic mass is 16.5. The molecule has 1 aromatic rings. The van der Waals surface area contributed by atoms with Crippen LogP contribution in [0.3, 0.4) is 0 Å². The molecule has 0 amide bonds. The first-order chi connectivity index (χ1) is 11.7. The Morgan fingerprint density at radius 1 is 1.25 bits per heavy atom. The monoisotopic (exact) mass is 329 g/mol. The molecule has 2 aliphatic rings. The second-order valence-corrected chi connectivity index (χ2v) is 5.81. The number of benzene rings is 1. The van der Waals surface area contributed by atoms with E-state index in [9.17, 15) is 4.79 Å². The maximum atomic E-state index is 12.6. The second-order valence-electron chi connectivity index (χ2n) is 5.81. The first kappa shape index (κ1) is 16.3. The SMILES string of the molecule is COc1ccc(OC2=COC3CC(OCC#N)CCC3C2=O)cc1. The Labute approximate surface area is 140 Å². The van der Waals surface area contributed by atoms with Crippen LogP contribution in [0.4, 0.5) is 0 Å². The summed E-state index contributed by atoms with van der Waals surface area (Å²) in [5, 5.41) is 8.58. The van der Waals surface area contributed by atoms with Crippen LogP contribution in [0, 0.1) is 17.2 Å². The highest BCUT2D eigenvalue weighted by molar-refractivity contribution is 5.96. The van der Waals surface area contributed by atoms with Crippen molar-refractivity contribution in [1.82, 2.24) is 0 Å². The molecule has 0 bridgehead atoms. The van der Waals surface area contributed by atoms with Gasteiger partial charge in [0.05, 0.1) is 25.2 Å². The number of ketones is 1. The van der Waals surface area contributed by atoms with Gasteiger partial charge in [-0.3, -0.25) is 4.79 Å². The number of fused-ring (bicyclic) bond motifs is 1. The van der Waals surface area contributed by atoms with Crippen LogP contribution < -0.4 is 9.47 Å². The highest BCUT2D eigenvalue weighted by Crippen LogP contribution is 2.35. The third-order valence-electron chi connectivity index (χ3n) is 4.34. The van der Waals surface area contributed by atoms with Gasteiger partial charge in [0.15, 0.2) is 0 Å². The van der Waals surface area contributed by atoms with Gasteiger partial charge in [0, 0.05) is 6.42 Å². The zero-order chi connectivity index (χ0) is 16.9. The summed E-state index contributed by atoms with van der Waals surface area (Å²) in [5.74, 6) is 1.24. The van der Waals surface area contributed by atoms with Gasteiger partial charge in [0.2, 0.25) is 11.5 Å². The third-order valence-corrected chi connectivity index (χ3v) is 4.34. The van der Waals surface area contributed by atoms with Crippen LogP contribution >= 0.6 is 0 Å². The van der Waals surface area contributed by atoms with Gasteiger partial charge in [-0.05, 0) is 37.1 Å². The van der Waals surface area contributed by atoms with Gasteiger partial charge in [-0.1, -0.05) is 0 Å². The summed E-state index contributed by atoms with van der Waals surface area (Å²) in [6, 6.07) is 8.99. The zero-order valence-corrected chi connectivity index (χ0v) is 13.4. The van der Waals surface area contributed by atoms with Gasteiger partial charge in [0.1, 0.15) is 30.5 Å². The van der Waals surface area contributed by atoms with Gasteiger partial charge in [-0.25, -0.2) is 0 Å². The predicted octanol–water partition coefficient (Wildman–Crippen LogP) is 2.59. The van der Waals surface area contributed by atoms with E-state index in [1.165, 1.54) is 6.26 Å². The van der Waals surface area contributed by atoms with Crippen molar-refractivity contribution in [3.05, 3.63) is 36.3 Å². The maximum Gasteiger partial charge on any atom is 0.207 e. The van der Waals surface area contributed by atoms with Crippen molar-refractivity contribution >= 4 is 5.78 Å². The van der Waals surface area contributed by atoms with Gasteiger partial charge in [-0.15, -0.1) is 0 Å². The van der Waals surface area contributed by atoms with Gasteiger partial charge < -0.3 is 18.9 Å². The lowest BCUT2D eigenvalue weighted by molar-refractivity contribution is -0.133. The number of carbonyl (C=O) groups is 1. The molecule has 0 aromatic heterocycles. The Morgan fingerprint density at radius 2 is 2.00 bits per heavy atom. The number of methoxy groups -OCH3 is 1. The molecule has 0 spiro atoms. The van der Waals surface area contributed by atoms with Crippen LogP contribution in [-0.4, -0.2) is 31.7 Å². The molecule has 3 atom stereocenters. The topological polar surface area (TPSA) is 77.8 Å². The van der Waals surface area contributed by atoms with Gasteiger partial charge >= 0.3 is 0 Å². The van der Waals surface area contributed by atoms with Crippen LogP contribution in [-0.2, 0) is 14.3 Å². The minimum Gasteiger partial charge on any atom is -0.497 e. The van der Waals surface area contributed by atoms with E-state index >= 15 is 0 Å². The Bertz CT molecular complexity index is 661.